The van der Waals surface area contributed by atoms with Gasteiger partial charge in [-0.15, -0.1) is 0 Å². The molecule has 1 fully saturated rings. The Morgan fingerprint density at radius 2 is 1.94 bits per heavy atom. The average molecular weight is 419 g/mol. The van der Waals surface area contributed by atoms with Crippen LogP contribution in [0.4, 0.5) is 5.69 Å². The van der Waals surface area contributed by atoms with Gasteiger partial charge in [0.2, 0.25) is 5.91 Å². The number of nitrogens with one attached hydrogen (secondary N) is 2. The van der Waals surface area contributed by atoms with E-state index in [0.717, 1.165) is 49.2 Å². The maximum Gasteiger partial charge on any atom is 0.246 e. The summed E-state index contributed by atoms with van der Waals surface area (Å²) in [4.78, 5) is 19.1. The number of anilines is 1. The van der Waals surface area contributed by atoms with Crippen molar-refractivity contribution in [2.24, 2.45) is 4.99 Å². The number of hydrogen-bond donors (Lipinski definition) is 2. The molecule has 0 bridgehead atoms. The minimum Gasteiger partial charge on any atom is -0.487 e. The number of guanidine groups is 1. The van der Waals surface area contributed by atoms with Crippen molar-refractivity contribution in [2.45, 2.75) is 50.2 Å². The minimum atomic E-state index is -0.0834. The average Bonchev–Trinajstić information content (AvgIpc) is 3.43. The lowest BCUT2D eigenvalue weighted by atomic mass is 9.86. The standard InChI is InChI=1S/C25H30N4O2/c1-26-24(27-17-23(30)29-15-12-18-8-2-4-10-21(18)29)28-20-16-25(13-6-7-14-25)31-22-11-5-3-9-19(20)22/h2-5,8-11,20H,6-7,12-17H2,1H3,(H2,26,27,28). The Labute approximate surface area is 183 Å². The first-order valence-corrected chi connectivity index (χ1v) is 11.3. The third kappa shape index (κ3) is 3.87. The zero-order valence-corrected chi connectivity index (χ0v) is 18.1. The predicted octanol–water partition coefficient (Wildman–Crippen LogP) is 3.58. The lowest BCUT2D eigenvalue weighted by Gasteiger charge is -2.40. The summed E-state index contributed by atoms with van der Waals surface area (Å²) in [7, 11) is 1.75. The van der Waals surface area contributed by atoms with Gasteiger partial charge in [0.1, 0.15) is 11.4 Å². The molecule has 5 rings (SSSR count). The van der Waals surface area contributed by atoms with Gasteiger partial charge in [-0.25, -0.2) is 0 Å². The number of para-hydroxylation sites is 2. The molecule has 2 aromatic carbocycles. The molecule has 0 aromatic heterocycles. The van der Waals surface area contributed by atoms with Crippen LogP contribution >= 0.6 is 0 Å². The van der Waals surface area contributed by atoms with Gasteiger partial charge in [0.15, 0.2) is 5.96 Å². The highest BCUT2D eigenvalue weighted by molar-refractivity contribution is 5.98. The van der Waals surface area contributed by atoms with Crippen molar-refractivity contribution in [1.29, 1.82) is 0 Å². The highest BCUT2D eigenvalue weighted by Gasteiger charge is 2.43. The maximum absolute atomic E-state index is 12.9. The summed E-state index contributed by atoms with van der Waals surface area (Å²) < 4.78 is 6.46. The van der Waals surface area contributed by atoms with Gasteiger partial charge in [-0.3, -0.25) is 9.79 Å². The Kier molecular flexibility index (Phi) is 5.30. The van der Waals surface area contributed by atoms with Gasteiger partial charge in [-0.1, -0.05) is 36.4 Å². The minimum absolute atomic E-state index is 0.0625. The molecule has 162 valence electrons. The van der Waals surface area contributed by atoms with Crippen LogP contribution < -0.4 is 20.3 Å². The van der Waals surface area contributed by atoms with E-state index in [9.17, 15) is 4.79 Å². The topological polar surface area (TPSA) is 66.0 Å². The molecular weight excluding hydrogens is 388 g/mol. The Hall–Kier alpha value is -3.02. The first-order valence-electron chi connectivity index (χ1n) is 11.3. The third-order valence-corrected chi connectivity index (χ3v) is 6.84. The summed E-state index contributed by atoms with van der Waals surface area (Å²) in [6, 6.07) is 16.5. The largest absolute Gasteiger partial charge is 0.487 e. The van der Waals surface area contributed by atoms with Crippen LogP contribution in [0.1, 0.15) is 49.3 Å². The van der Waals surface area contributed by atoms with E-state index in [1.165, 1.54) is 18.4 Å². The van der Waals surface area contributed by atoms with E-state index in [4.69, 9.17) is 4.74 Å². The lowest BCUT2D eigenvalue weighted by molar-refractivity contribution is -0.117. The number of rotatable bonds is 3. The second-order valence-corrected chi connectivity index (χ2v) is 8.78. The summed E-state index contributed by atoms with van der Waals surface area (Å²) in [6.07, 6.45) is 6.45. The molecule has 1 unspecified atom stereocenters. The number of aliphatic imine (C=N–C) groups is 1. The van der Waals surface area contributed by atoms with Gasteiger partial charge in [-0.05, 0) is 49.8 Å². The Morgan fingerprint density at radius 3 is 2.77 bits per heavy atom. The third-order valence-electron chi connectivity index (χ3n) is 6.84. The van der Waals surface area contributed by atoms with Crippen LogP contribution in [0.25, 0.3) is 0 Å². The Bertz CT molecular complexity index is 997. The van der Waals surface area contributed by atoms with Crippen molar-refractivity contribution < 1.29 is 9.53 Å². The molecule has 6 nitrogen and oxygen atoms in total. The van der Waals surface area contributed by atoms with Crippen molar-refractivity contribution in [1.82, 2.24) is 10.6 Å². The molecule has 2 aromatic rings. The van der Waals surface area contributed by atoms with E-state index < -0.39 is 0 Å². The normalized spacial score (nSPS) is 21.4. The van der Waals surface area contributed by atoms with Gasteiger partial charge < -0.3 is 20.3 Å². The second-order valence-electron chi connectivity index (χ2n) is 8.78. The summed E-state index contributed by atoms with van der Waals surface area (Å²) in [5.41, 5.74) is 3.33. The molecule has 2 heterocycles. The van der Waals surface area contributed by atoms with E-state index in [0.29, 0.717) is 5.96 Å². The second kappa shape index (κ2) is 8.25. The number of carbonyl (C=O) groups excluding carboxylic acids is 1. The van der Waals surface area contributed by atoms with Crippen LogP contribution in [0.2, 0.25) is 0 Å². The number of fused-ring (bicyclic) bond motifs is 2. The van der Waals surface area contributed by atoms with Crippen LogP contribution in [0, 0.1) is 0 Å². The van der Waals surface area contributed by atoms with Crippen LogP contribution in [0.5, 0.6) is 5.75 Å². The fourth-order valence-corrected chi connectivity index (χ4v) is 5.28. The zero-order valence-electron chi connectivity index (χ0n) is 18.1. The van der Waals surface area contributed by atoms with Gasteiger partial charge in [-0.2, -0.15) is 0 Å². The smallest absolute Gasteiger partial charge is 0.246 e. The summed E-state index contributed by atoms with van der Waals surface area (Å²) in [6.45, 7) is 0.950. The molecule has 1 saturated carbocycles. The number of carbonyl (C=O) groups is 1. The van der Waals surface area contributed by atoms with Crippen LogP contribution in [0.3, 0.4) is 0 Å². The molecule has 1 atom stereocenters. The van der Waals surface area contributed by atoms with Gasteiger partial charge in [0.25, 0.3) is 0 Å². The van der Waals surface area contributed by atoms with Crippen LogP contribution in [-0.4, -0.2) is 37.6 Å². The summed E-state index contributed by atoms with van der Waals surface area (Å²) in [5.74, 6) is 1.68. The van der Waals surface area contributed by atoms with E-state index in [1.807, 2.05) is 35.2 Å². The SMILES string of the molecule is CN=C(NCC(=O)N1CCc2ccccc21)NC1CC2(CCCC2)Oc2ccccc21. The van der Waals surface area contributed by atoms with E-state index in [-0.39, 0.29) is 24.1 Å². The van der Waals surface area contributed by atoms with Crippen molar-refractivity contribution in [3.05, 3.63) is 59.7 Å². The quantitative estimate of drug-likeness (QED) is 0.591. The van der Waals surface area contributed by atoms with Crippen molar-refractivity contribution in [3.8, 4) is 5.75 Å². The number of ether oxygens (including phenoxy) is 1. The monoisotopic (exact) mass is 418 g/mol. The molecule has 2 N–H and O–H groups in total. The zero-order chi connectivity index (χ0) is 21.3. The Balaban J connectivity index is 1.26. The highest BCUT2D eigenvalue weighted by atomic mass is 16.5. The van der Waals surface area contributed by atoms with Crippen molar-refractivity contribution >= 4 is 17.6 Å². The molecule has 3 aliphatic rings. The van der Waals surface area contributed by atoms with E-state index >= 15 is 0 Å². The fraction of sp³-hybridized carbons (Fsp3) is 0.440. The fourth-order valence-electron chi connectivity index (χ4n) is 5.28. The van der Waals surface area contributed by atoms with Crippen LogP contribution in [0.15, 0.2) is 53.5 Å². The molecule has 0 saturated heterocycles. The molecule has 31 heavy (non-hydrogen) atoms. The van der Waals surface area contributed by atoms with E-state index in [2.05, 4.69) is 33.8 Å². The predicted molar refractivity (Wildman–Crippen MR) is 123 cm³/mol. The Morgan fingerprint density at radius 1 is 1.16 bits per heavy atom. The maximum atomic E-state index is 12.9. The first-order chi connectivity index (χ1) is 15.2. The lowest BCUT2D eigenvalue weighted by Crippen LogP contribution is -2.48. The van der Waals surface area contributed by atoms with Gasteiger partial charge in [0, 0.05) is 31.3 Å². The van der Waals surface area contributed by atoms with Gasteiger partial charge in [0.05, 0.1) is 12.6 Å². The number of amides is 1. The molecule has 1 amide bonds. The molecular formula is C25H30N4O2. The van der Waals surface area contributed by atoms with Gasteiger partial charge >= 0.3 is 0 Å². The van der Waals surface area contributed by atoms with Crippen LogP contribution in [-0.2, 0) is 11.2 Å². The number of hydrogen-bond acceptors (Lipinski definition) is 3. The number of benzene rings is 2. The van der Waals surface area contributed by atoms with Crippen molar-refractivity contribution in [3.63, 3.8) is 0 Å². The molecule has 0 radical (unpaired) electrons. The first kappa shape index (κ1) is 19.9. The molecule has 1 aliphatic carbocycles. The molecule has 6 heteroatoms. The molecule has 2 aliphatic heterocycles. The summed E-state index contributed by atoms with van der Waals surface area (Å²) >= 11 is 0. The van der Waals surface area contributed by atoms with E-state index in [1.54, 1.807) is 7.05 Å². The summed E-state index contributed by atoms with van der Waals surface area (Å²) in [5, 5.41) is 6.81. The number of nitrogens with zero attached hydrogens (tertiary/aromatic N) is 2. The highest BCUT2D eigenvalue weighted by Crippen LogP contribution is 2.46. The molecule has 1 spiro atoms. The van der Waals surface area contributed by atoms with Crippen molar-refractivity contribution in [2.75, 3.05) is 25.0 Å².